The van der Waals surface area contributed by atoms with Gasteiger partial charge in [-0.15, -0.1) is 0 Å². The molecule has 0 spiro atoms. The number of nitrogens with one attached hydrogen (secondary N) is 1. The van der Waals surface area contributed by atoms with Crippen molar-refractivity contribution in [2.24, 2.45) is 0 Å². The van der Waals surface area contributed by atoms with Crippen LogP contribution in [0, 0.1) is 13.8 Å². The fraction of sp³-hybridized carbons (Fsp3) is 0.500. The van der Waals surface area contributed by atoms with E-state index in [1.165, 1.54) is 0 Å². The third-order valence-electron chi connectivity index (χ3n) is 4.54. The van der Waals surface area contributed by atoms with Crippen LogP contribution in [-0.4, -0.2) is 50.2 Å². The minimum Gasteiger partial charge on any atom is -0.464 e. The number of amides is 1. The molecule has 124 valence electrons. The third-order valence-corrected chi connectivity index (χ3v) is 4.54. The number of carbonyl (C=O) groups is 1. The molecule has 1 aliphatic heterocycles. The van der Waals surface area contributed by atoms with Gasteiger partial charge in [0.25, 0.3) is 0 Å². The maximum absolute atomic E-state index is 12.4. The summed E-state index contributed by atoms with van der Waals surface area (Å²) in [5.41, 5.74) is 4.10. The van der Waals surface area contributed by atoms with Crippen molar-refractivity contribution in [2.75, 3.05) is 27.2 Å². The summed E-state index contributed by atoms with van der Waals surface area (Å²) in [5, 5.41) is 4.15. The molecule has 23 heavy (non-hydrogen) atoms. The van der Waals surface area contributed by atoms with Gasteiger partial charge in [0.1, 0.15) is 5.58 Å². The molecule has 2 atom stereocenters. The molecule has 0 aliphatic carbocycles. The molecule has 1 fully saturated rings. The number of methoxy groups -OCH3 is 1. The first-order chi connectivity index (χ1) is 11.0. The number of benzene rings is 1. The zero-order valence-electron chi connectivity index (χ0n) is 14.2. The van der Waals surface area contributed by atoms with Crippen LogP contribution in [0.25, 0.3) is 11.0 Å². The van der Waals surface area contributed by atoms with Gasteiger partial charge in [0.15, 0.2) is 0 Å². The van der Waals surface area contributed by atoms with Crippen LogP contribution in [0.5, 0.6) is 0 Å². The van der Waals surface area contributed by atoms with E-state index in [0.29, 0.717) is 6.42 Å². The molecule has 1 N–H and O–H groups in total. The molecule has 0 bridgehead atoms. The molecule has 0 saturated carbocycles. The van der Waals surface area contributed by atoms with Crippen LogP contribution in [0.3, 0.4) is 0 Å². The van der Waals surface area contributed by atoms with Gasteiger partial charge in [-0.3, -0.25) is 4.79 Å². The highest BCUT2D eigenvalue weighted by molar-refractivity contribution is 5.90. The number of rotatable bonds is 4. The minimum atomic E-state index is 0.00928. The predicted molar refractivity (Wildman–Crippen MR) is 89.6 cm³/mol. The lowest BCUT2D eigenvalue weighted by molar-refractivity contribution is -0.121. The molecule has 1 amide bonds. The van der Waals surface area contributed by atoms with Crippen LogP contribution < -0.4 is 5.32 Å². The summed E-state index contributed by atoms with van der Waals surface area (Å²) in [4.78, 5) is 14.6. The van der Waals surface area contributed by atoms with E-state index in [2.05, 4.69) is 23.2 Å². The van der Waals surface area contributed by atoms with Crippen molar-refractivity contribution in [3.63, 3.8) is 0 Å². The van der Waals surface area contributed by atoms with Crippen molar-refractivity contribution in [1.29, 1.82) is 0 Å². The van der Waals surface area contributed by atoms with Gasteiger partial charge >= 0.3 is 0 Å². The van der Waals surface area contributed by atoms with Gasteiger partial charge in [-0.2, -0.15) is 0 Å². The lowest BCUT2D eigenvalue weighted by Gasteiger charge is -2.18. The van der Waals surface area contributed by atoms with E-state index in [4.69, 9.17) is 9.15 Å². The largest absolute Gasteiger partial charge is 0.464 e. The third kappa shape index (κ3) is 3.26. The number of nitrogens with zero attached hydrogens (tertiary/aromatic N) is 1. The average molecular weight is 316 g/mol. The Kier molecular flexibility index (Phi) is 4.41. The van der Waals surface area contributed by atoms with Gasteiger partial charge in [0, 0.05) is 31.1 Å². The minimum absolute atomic E-state index is 0.00928. The molecule has 3 rings (SSSR count). The number of carbonyl (C=O) groups excluding carboxylic acids is 1. The summed E-state index contributed by atoms with van der Waals surface area (Å²) < 4.78 is 11.1. The Labute approximate surface area is 136 Å². The lowest BCUT2D eigenvalue weighted by Crippen LogP contribution is -2.44. The molecule has 2 aromatic rings. The number of hydrogen-bond acceptors (Lipinski definition) is 4. The van der Waals surface area contributed by atoms with Gasteiger partial charge in [0.05, 0.1) is 24.8 Å². The van der Waals surface area contributed by atoms with Gasteiger partial charge in [-0.05, 0) is 38.1 Å². The normalized spacial score (nSPS) is 21.9. The van der Waals surface area contributed by atoms with Crippen molar-refractivity contribution in [2.45, 2.75) is 32.4 Å². The number of ether oxygens (including phenoxy) is 1. The Bertz CT molecular complexity index is 722. The molecule has 2 heterocycles. The second-order valence-corrected chi connectivity index (χ2v) is 6.56. The second-order valence-electron chi connectivity index (χ2n) is 6.56. The molecule has 1 aliphatic rings. The van der Waals surface area contributed by atoms with Crippen molar-refractivity contribution in [3.8, 4) is 0 Å². The highest BCUT2D eigenvalue weighted by atomic mass is 16.5. The van der Waals surface area contributed by atoms with E-state index in [-0.39, 0.29) is 18.1 Å². The molecule has 1 aromatic heterocycles. The molecule has 5 heteroatoms. The van der Waals surface area contributed by atoms with Crippen LogP contribution in [0.4, 0.5) is 0 Å². The first kappa shape index (κ1) is 16.0. The summed E-state index contributed by atoms with van der Waals surface area (Å²) in [6.07, 6.45) is 2.08. The summed E-state index contributed by atoms with van der Waals surface area (Å²) >= 11 is 0. The summed E-state index contributed by atoms with van der Waals surface area (Å²) in [6.45, 7) is 5.76. The zero-order valence-corrected chi connectivity index (χ0v) is 14.2. The van der Waals surface area contributed by atoms with E-state index in [1.54, 1.807) is 13.4 Å². The zero-order chi connectivity index (χ0) is 16.6. The van der Waals surface area contributed by atoms with Gasteiger partial charge in [-0.1, -0.05) is 6.07 Å². The topological polar surface area (TPSA) is 54.7 Å². The van der Waals surface area contributed by atoms with Gasteiger partial charge < -0.3 is 19.4 Å². The molecule has 1 aromatic carbocycles. The molecule has 1 saturated heterocycles. The number of likely N-dealkylation sites (N-methyl/N-ethyl adjacent to an activating group) is 1. The van der Waals surface area contributed by atoms with Crippen LogP contribution in [0.2, 0.25) is 0 Å². The predicted octanol–water partition coefficient (Wildman–Crippen LogP) is 2.04. The smallest absolute Gasteiger partial charge is 0.224 e. The van der Waals surface area contributed by atoms with E-state index >= 15 is 0 Å². The van der Waals surface area contributed by atoms with Gasteiger partial charge in [0.2, 0.25) is 5.91 Å². The maximum Gasteiger partial charge on any atom is 0.224 e. The SMILES string of the molecule is CO[C@H]1CN(C)C[C@@H]1NC(=O)Cc1coc2cc(C)cc(C)c12. The highest BCUT2D eigenvalue weighted by Gasteiger charge is 2.32. The summed E-state index contributed by atoms with van der Waals surface area (Å²) in [7, 11) is 3.73. The lowest BCUT2D eigenvalue weighted by atomic mass is 10.0. The number of aryl methyl sites for hydroxylation is 2. The maximum atomic E-state index is 12.4. The molecule has 0 radical (unpaired) electrons. The molecule has 0 unspecified atom stereocenters. The quantitative estimate of drug-likeness (QED) is 0.938. The molecular formula is C18H24N2O3. The highest BCUT2D eigenvalue weighted by Crippen LogP contribution is 2.26. The average Bonchev–Trinajstić information content (AvgIpc) is 3.02. The van der Waals surface area contributed by atoms with Crippen LogP contribution in [0.1, 0.15) is 16.7 Å². The number of likely N-dealkylation sites (tertiary alicyclic amines) is 1. The van der Waals surface area contributed by atoms with E-state index in [0.717, 1.165) is 40.7 Å². The Hall–Kier alpha value is -1.85. The van der Waals surface area contributed by atoms with Crippen molar-refractivity contribution >= 4 is 16.9 Å². The first-order valence-electron chi connectivity index (χ1n) is 7.96. The molecule has 5 nitrogen and oxygen atoms in total. The number of furan rings is 1. The molecular weight excluding hydrogens is 292 g/mol. The van der Waals surface area contributed by atoms with Crippen LogP contribution >= 0.6 is 0 Å². The Balaban J connectivity index is 1.73. The van der Waals surface area contributed by atoms with Gasteiger partial charge in [-0.25, -0.2) is 0 Å². The Morgan fingerprint density at radius 2 is 2.17 bits per heavy atom. The van der Waals surface area contributed by atoms with E-state index in [1.807, 2.05) is 20.0 Å². The Morgan fingerprint density at radius 1 is 1.39 bits per heavy atom. The standard InChI is InChI=1S/C18H24N2O3/c1-11-5-12(2)18-13(10-23-15(18)6-11)7-17(21)19-14-8-20(3)9-16(14)22-4/h5-6,10,14,16H,7-9H2,1-4H3,(H,19,21)/t14-,16-/m0/s1. The van der Waals surface area contributed by atoms with Crippen molar-refractivity contribution < 1.29 is 13.9 Å². The van der Waals surface area contributed by atoms with Crippen molar-refractivity contribution in [3.05, 3.63) is 35.1 Å². The van der Waals surface area contributed by atoms with Crippen LogP contribution in [0.15, 0.2) is 22.8 Å². The first-order valence-corrected chi connectivity index (χ1v) is 7.96. The fourth-order valence-corrected chi connectivity index (χ4v) is 3.53. The van der Waals surface area contributed by atoms with E-state index < -0.39 is 0 Å². The number of fused-ring (bicyclic) bond motifs is 1. The van der Waals surface area contributed by atoms with Crippen LogP contribution in [-0.2, 0) is 16.0 Å². The second kappa shape index (κ2) is 6.34. The number of hydrogen-bond donors (Lipinski definition) is 1. The fourth-order valence-electron chi connectivity index (χ4n) is 3.53. The summed E-state index contributed by atoms with van der Waals surface area (Å²) in [5.74, 6) is 0.00928. The van der Waals surface area contributed by atoms with Crippen molar-refractivity contribution in [1.82, 2.24) is 10.2 Å². The summed E-state index contributed by atoms with van der Waals surface area (Å²) in [6, 6.07) is 4.17. The Morgan fingerprint density at radius 3 is 2.91 bits per heavy atom. The van der Waals surface area contributed by atoms with E-state index in [9.17, 15) is 4.79 Å². The monoisotopic (exact) mass is 316 g/mol.